The van der Waals surface area contributed by atoms with Crippen LogP contribution in [0.4, 0.5) is 11.4 Å². The number of ether oxygens (including phenoxy) is 1. The second-order valence-electron chi connectivity index (χ2n) is 6.55. The second-order valence-corrected chi connectivity index (χ2v) is 9.67. The molecule has 2 N–H and O–H groups in total. The fourth-order valence-corrected chi connectivity index (χ4v) is 5.41. The molecule has 0 atom stereocenters. The Kier molecular flexibility index (Phi) is 5.86. The standard InChI is InChI=1S/C22H17ClN2O4S2/c1-29-16-10-6-15(7-11-16)25-31(27,28)17-12-8-14(9-13-17)24-22(26)21-20(23)18-4-2-3-5-19(18)30-21/h2-13,25H,1H3,(H,24,26). The lowest BCUT2D eigenvalue weighted by atomic mass is 10.2. The van der Waals surface area contributed by atoms with Crippen molar-refractivity contribution < 1.29 is 17.9 Å². The molecule has 6 nitrogen and oxygen atoms in total. The second kappa shape index (κ2) is 8.58. The van der Waals surface area contributed by atoms with Crippen molar-refractivity contribution in [2.45, 2.75) is 4.90 Å². The van der Waals surface area contributed by atoms with Crippen LogP contribution < -0.4 is 14.8 Å². The summed E-state index contributed by atoms with van der Waals surface area (Å²) < 4.78 is 33.7. The molecule has 1 heterocycles. The molecule has 0 aliphatic rings. The number of sulfonamides is 1. The quantitative estimate of drug-likeness (QED) is 0.381. The maximum Gasteiger partial charge on any atom is 0.267 e. The Labute approximate surface area is 188 Å². The molecule has 0 spiro atoms. The first-order valence-electron chi connectivity index (χ1n) is 9.13. The van der Waals surface area contributed by atoms with Crippen LogP contribution in [0.15, 0.2) is 77.7 Å². The van der Waals surface area contributed by atoms with Gasteiger partial charge in [0.25, 0.3) is 15.9 Å². The van der Waals surface area contributed by atoms with Crippen molar-refractivity contribution in [3.8, 4) is 5.75 Å². The van der Waals surface area contributed by atoms with Gasteiger partial charge >= 0.3 is 0 Å². The molecule has 1 amide bonds. The average Bonchev–Trinajstić information content (AvgIpc) is 3.11. The third-order valence-electron chi connectivity index (χ3n) is 4.51. The van der Waals surface area contributed by atoms with Crippen molar-refractivity contribution >= 4 is 60.3 Å². The minimum Gasteiger partial charge on any atom is -0.497 e. The van der Waals surface area contributed by atoms with Crippen molar-refractivity contribution in [1.29, 1.82) is 0 Å². The number of carbonyl (C=O) groups is 1. The Hall–Kier alpha value is -3.07. The first-order valence-corrected chi connectivity index (χ1v) is 11.8. The van der Waals surface area contributed by atoms with Gasteiger partial charge in [-0.3, -0.25) is 9.52 Å². The van der Waals surface area contributed by atoms with Gasteiger partial charge in [-0.25, -0.2) is 8.42 Å². The van der Waals surface area contributed by atoms with E-state index in [-0.39, 0.29) is 10.8 Å². The third kappa shape index (κ3) is 4.51. The van der Waals surface area contributed by atoms with Gasteiger partial charge in [0.2, 0.25) is 0 Å². The smallest absolute Gasteiger partial charge is 0.267 e. The molecule has 0 saturated carbocycles. The van der Waals surface area contributed by atoms with Gasteiger partial charge < -0.3 is 10.1 Å². The van der Waals surface area contributed by atoms with Crippen LogP contribution in [-0.2, 0) is 10.0 Å². The van der Waals surface area contributed by atoms with Gasteiger partial charge in [-0.1, -0.05) is 29.8 Å². The van der Waals surface area contributed by atoms with Gasteiger partial charge in [0.1, 0.15) is 10.6 Å². The molecular formula is C22H17ClN2O4S2. The number of methoxy groups -OCH3 is 1. The summed E-state index contributed by atoms with van der Waals surface area (Å²) in [5.74, 6) is 0.278. The number of halogens is 1. The average molecular weight is 473 g/mol. The molecule has 0 aliphatic carbocycles. The normalized spacial score (nSPS) is 11.3. The minimum atomic E-state index is -3.78. The number of thiophene rings is 1. The zero-order chi connectivity index (χ0) is 22.0. The highest BCUT2D eigenvalue weighted by Crippen LogP contribution is 2.35. The summed E-state index contributed by atoms with van der Waals surface area (Å²) in [6.07, 6.45) is 0. The molecular weight excluding hydrogens is 456 g/mol. The lowest BCUT2D eigenvalue weighted by molar-refractivity contribution is 0.103. The third-order valence-corrected chi connectivity index (χ3v) is 7.58. The molecule has 0 saturated heterocycles. The molecule has 4 rings (SSSR count). The lowest BCUT2D eigenvalue weighted by Crippen LogP contribution is -2.14. The summed E-state index contributed by atoms with van der Waals surface area (Å²) in [6.45, 7) is 0. The first-order chi connectivity index (χ1) is 14.9. The molecule has 0 unspecified atom stereocenters. The van der Waals surface area contributed by atoms with Crippen LogP contribution in [0.2, 0.25) is 5.02 Å². The van der Waals surface area contributed by atoms with Crippen molar-refractivity contribution in [3.63, 3.8) is 0 Å². The van der Waals surface area contributed by atoms with Gasteiger partial charge in [0.05, 0.1) is 17.0 Å². The molecule has 9 heteroatoms. The predicted molar refractivity (Wildman–Crippen MR) is 125 cm³/mol. The van der Waals surface area contributed by atoms with Crippen molar-refractivity contribution in [2.24, 2.45) is 0 Å². The fourth-order valence-electron chi connectivity index (χ4n) is 2.94. The van der Waals surface area contributed by atoms with E-state index in [0.717, 1.165) is 10.1 Å². The van der Waals surface area contributed by atoms with E-state index >= 15 is 0 Å². The van der Waals surface area contributed by atoms with Crippen LogP contribution in [0.3, 0.4) is 0 Å². The van der Waals surface area contributed by atoms with Gasteiger partial charge in [-0.15, -0.1) is 11.3 Å². The van der Waals surface area contributed by atoms with Crippen LogP contribution in [0.1, 0.15) is 9.67 Å². The Balaban J connectivity index is 1.49. The molecule has 31 heavy (non-hydrogen) atoms. The van der Waals surface area contributed by atoms with E-state index in [4.69, 9.17) is 16.3 Å². The number of nitrogens with one attached hydrogen (secondary N) is 2. The SMILES string of the molecule is COc1ccc(NS(=O)(=O)c2ccc(NC(=O)c3sc4ccccc4c3Cl)cc2)cc1. The van der Waals surface area contributed by atoms with E-state index in [1.54, 1.807) is 24.3 Å². The van der Waals surface area contributed by atoms with E-state index in [1.807, 2.05) is 24.3 Å². The molecule has 0 radical (unpaired) electrons. The van der Waals surface area contributed by atoms with Crippen LogP contribution in [0.25, 0.3) is 10.1 Å². The molecule has 4 aromatic rings. The van der Waals surface area contributed by atoms with Crippen molar-refractivity contribution in [1.82, 2.24) is 0 Å². The van der Waals surface area contributed by atoms with Gasteiger partial charge in [0.15, 0.2) is 0 Å². The summed E-state index contributed by atoms with van der Waals surface area (Å²) in [7, 11) is -2.24. The van der Waals surface area contributed by atoms with Crippen molar-refractivity contribution in [2.75, 3.05) is 17.1 Å². The van der Waals surface area contributed by atoms with E-state index in [2.05, 4.69) is 10.0 Å². The zero-order valence-electron chi connectivity index (χ0n) is 16.3. The Morgan fingerprint density at radius 3 is 2.23 bits per heavy atom. The largest absolute Gasteiger partial charge is 0.497 e. The molecule has 0 fully saturated rings. The first kappa shape index (κ1) is 21.2. The number of fused-ring (bicyclic) bond motifs is 1. The number of carbonyl (C=O) groups excluding carboxylic acids is 1. The number of anilines is 2. The summed E-state index contributed by atoms with van der Waals surface area (Å²) in [5, 5.41) is 3.99. The minimum absolute atomic E-state index is 0.0706. The van der Waals surface area contributed by atoms with Crippen LogP contribution in [-0.4, -0.2) is 21.4 Å². The van der Waals surface area contributed by atoms with Crippen LogP contribution >= 0.6 is 22.9 Å². The zero-order valence-corrected chi connectivity index (χ0v) is 18.6. The number of benzene rings is 3. The fraction of sp³-hybridized carbons (Fsp3) is 0.0455. The Morgan fingerprint density at radius 1 is 0.935 bits per heavy atom. The molecule has 1 aromatic heterocycles. The summed E-state index contributed by atoms with van der Waals surface area (Å²) >= 11 is 7.66. The van der Waals surface area contributed by atoms with E-state index < -0.39 is 10.0 Å². The van der Waals surface area contributed by atoms with E-state index in [9.17, 15) is 13.2 Å². The molecule has 3 aromatic carbocycles. The van der Waals surface area contributed by atoms with Crippen molar-refractivity contribution in [3.05, 3.63) is 82.7 Å². The van der Waals surface area contributed by atoms with Crippen LogP contribution in [0.5, 0.6) is 5.75 Å². The number of hydrogen-bond acceptors (Lipinski definition) is 5. The summed E-state index contributed by atoms with van der Waals surface area (Å²) in [4.78, 5) is 13.1. The maximum absolute atomic E-state index is 12.7. The summed E-state index contributed by atoms with van der Waals surface area (Å²) in [5.41, 5.74) is 0.875. The monoisotopic (exact) mass is 472 g/mol. The van der Waals surface area contributed by atoms with Gasteiger partial charge in [0, 0.05) is 21.5 Å². The van der Waals surface area contributed by atoms with E-state index in [1.165, 1.54) is 42.7 Å². The molecule has 158 valence electrons. The topological polar surface area (TPSA) is 84.5 Å². The maximum atomic E-state index is 12.7. The Bertz CT molecular complexity index is 1350. The van der Waals surface area contributed by atoms with Gasteiger partial charge in [-0.05, 0) is 54.6 Å². The number of amides is 1. The summed E-state index contributed by atoms with van der Waals surface area (Å²) in [6, 6.07) is 20.0. The molecule has 0 aliphatic heterocycles. The van der Waals surface area contributed by atoms with Crippen LogP contribution in [0, 0.1) is 0 Å². The highest BCUT2D eigenvalue weighted by Gasteiger charge is 2.18. The Morgan fingerprint density at radius 2 is 1.58 bits per heavy atom. The molecule has 0 bridgehead atoms. The highest BCUT2D eigenvalue weighted by molar-refractivity contribution is 7.92. The van der Waals surface area contributed by atoms with E-state index in [0.29, 0.717) is 27.0 Å². The lowest BCUT2D eigenvalue weighted by Gasteiger charge is -2.10. The highest BCUT2D eigenvalue weighted by atomic mass is 35.5. The predicted octanol–water partition coefficient (Wildman–Crippen LogP) is 5.62. The van der Waals surface area contributed by atoms with Gasteiger partial charge in [-0.2, -0.15) is 0 Å². The number of rotatable bonds is 6. The number of hydrogen-bond donors (Lipinski definition) is 2.